The zero-order valence-corrected chi connectivity index (χ0v) is 14.8. The Morgan fingerprint density at radius 2 is 1.68 bits per heavy atom. The Balaban J connectivity index is 1.71. The molecule has 1 saturated heterocycles. The van der Waals surface area contributed by atoms with Crippen molar-refractivity contribution < 1.29 is 16.8 Å². The molecule has 0 amide bonds. The summed E-state index contributed by atoms with van der Waals surface area (Å²) in [5, 5.41) is 3.51. The van der Waals surface area contributed by atoms with Gasteiger partial charge in [-0.05, 0) is 45.1 Å². The van der Waals surface area contributed by atoms with Crippen LogP contribution in [0.25, 0.3) is 0 Å². The van der Waals surface area contributed by atoms with Crippen molar-refractivity contribution >= 4 is 20.0 Å². The van der Waals surface area contributed by atoms with Crippen LogP contribution in [0.3, 0.4) is 0 Å². The van der Waals surface area contributed by atoms with Crippen LogP contribution < -0.4 is 10.0 Å². The van der Waals surface area contributed by atoms with E-state index in [1.807, 2.05) is 0 Å². The maximum atomic E-state index is 12.2. The highest BCUT2D eigenvalue weighted by Crippen LogP contribution is 2.28. The molecule has 0 aromatic carbocycles. The molecule has 2 aliphatic rings. The van der Waals surface area contributed by atoms with Gasteiger partial charge in [-0.3, -0.25) is 0 Å². The van der Waals surface area contributed by atoms with E-state index in [9.17, 15) is 16.8 Å². The van der Waals surface area contributed by atoms with Crippen LogP contribution >= 0.6 is 0 Å². The molecule has 1 heterocycles. The van der Waals surface area contributed by atoms with Crippen molar-refractivity contribution in [3.05, 3.63) is 0 Å². The second-order valence-electron chi connectivity index (χ2n) is 6.14. The summed E-state index contributed by atoms with van der Waals surface area (Å²) in [6.45, 7) is 3.56. The van der Waals surface area contributed by atoms with Gasteiger partial charge in [0.1, 0.15) is 0 Å². The molecule has 0 radical (unpaired) electrons. The molecular formula is C13H27N3O4S2. The Hall–Kier alpha value is -0.220. The van der Waals surface area contributed by atoms with Gasteiger partial charge in [0.25, 0.3) is 0 Å². The first-order valence-electron chi connectivity index (χ1n) is 8.01. The highest BCUT2D eigenvalue weighted by atomic mass is 32.2. The van der Waals surface area contributed by atoms with Crippen molar-refractivity contribution in [2.45, 2.75) is 38.6 Å². The number of nitrogens with zero attached hydrogens (tertiary/aromatic N) is 1. The van der Waals surface area contributed by atoms with Crippen LogP contribution in [0.1, 0.15) is 32.6 Å². The molecule has 0 aromatic rings. The van der Waals surface area contributed by atoms with Crippen molar-refractivity contribution in [3.63, 3.8) is 0 Å². The normalized spacial score (nSPS) is 22.0. The molecule has 22 heavy (non-hydrogen) atoms. The highest BCUT2D eigenvalue weighted by Gasteiger charge is 2.29. The van der Waals surface area contributed by atoms with Gasteiger partial charge in [0.15, 0.2) is 0 Å². The maximum Gasteiger partial charge on any atom is 0.215 e. The summed E-state index contributed by atoms with van der Waals surface area (Å²) < 4.78 is 50.8. The third kappa shape index (κ3) is 5.77. The third-order valence-electron chi connectivity index (χ3n) is 4.30. The Labute approximate surface area is 133 Å². The number of sulfonamides is 2. The first-order chi connectivity index (χ1) is 10.3. The SMILES string of the molecule is CCS(=O)(=O)NCCS(=O)(=O)N1CCC(NCC2CC2)CC1. The smallest absolute Gasteiger partial charge is 0.215 e. The van der Waals surface area contributed by atoms with Crippen LogP contribution in [0.2, 0.25) is 0 Å². The Bertz CT molecular complexity index is 550. The van der Waals surface area contributed by atoms with Crippen LogP contribution in [0.15, 0.2) is 0 Å². The van der Waals surface area contributed by atoms with E-state index < -0.39 is 20.0 Å². The summed E-state index contributed by atoms with van der Waals surface area (Å²) in [5.74, 6) is 0.616. The maximum absolute atomic E-state index is 12.2. The topological polar surface area (TPSA) is 95.6 Å². The molecule has 0 bridgehead atoms. The predicted octanol–water partition coefficient (Wildman–Crippen LogP) is -0.280. The molecule has 2 fully saturated rings. The number of piperidine rings is 1. The first kappa shape index (κ1) is 18.1. The van der Waals surface area contributed by atoms with Crippen molar-refractivity contribution in [2.24, 2.45) is 5.92 Å². The molecule has 2 N–H and O–H groups in total. The Morgan fingerprint density at radius 3 is 2.23 bits per heavy atom. The molecule has 1 aliphatic heterocycles. The lowest BCUT2D eigenvalue weighted by Crippen LogP contribution is -2.47. The van der Waals surface area contributed by atoms with Crippen molar-refractivity contribution in [2.75, 3.05) is 37.7 Å². The molecule has 0 unspecified atom stereocenters. The fraction of sp³-hybridized carbons (Fsp3) is 1.00. The number of rotatable bonds is 9. The summed E-state index contributed by atoms with van der Waals surface area (Å²) in [7, 11) is -6.71. The van der Waals surface area contributed by atoms with Gasteiger partial charge >= 0.3 is 0 Å². The second kappa shape index (κ2) is 7.57. The van der Waals surface area contributed by atoms with Gasteiger partial charge in [-0.2, -0.15) is 0 Å². The largest absolute Gasteiger partial charge is 0.314 e. The fourth-order valence-electron chi connectivity index (χ4n) is 2.55. The van der Waals surface area contributed by atoms with Gasteiger partial charge in [-0.1, -0.05) is 0 Å². The molecule has 1 aliphatic carbocycles. The summed E-state index contributed by atoms with van der Waals surface area (Å²) in [6.07, 6.45) is 4.28. The number of hydrogen-bond donors (Lipinski definition) is 2. The molecule has 1 saturated carbocycles. The molecule has 0 spiro atoms. The van der Waals surface area contributed by atoms with Crippen LogP contribution in [-0.2, 0) is 20.0 Å². The summed E-state index contributed by atoms with van der Waals surface area (Å²) in [6, 6.07) is 0.408. The lowest BCUT2D eigenvalue weighted by atomic mass is 10.1. The van der Waals surface area contributed by atoms with Crippen molar-refractivity contribution in [1.82, 2.24) is 14.3 Å². The van der Waals surface area contributed by atoms with Gasteiger partial charge in [0, 0.05) is 25.7 Å². The average Bonchev–Trinajstić information content (AvgIpc) is 3.29. The molecular weight excluding hydrogens is 326 g/mol. The lowest BCUT2D eigenvalue weighted by molar-refractivity contribution is 0.288. The van der Waals surface area contributed by atoms with Crippen molar-refractivity contribution in [3.8, 4) is 0 Å². The third-order valence-corrected chi connectivity index (χ3v) is 7.58. The molecule has 130 valence electrons. The van der Waals surface area contributed by atoms with E-state index in [0.29, 0.717) is 19.1 Å². The zero-order chi connectivity index (χ0) is 16.2. The van der Waals surface area contributed by atoms with Gasteiger partial charge in [0.05, 0.1) is 11.5 Å². The van der Waals surface area contributed by atoms with E-state index in [1.54, 1.807) is 0 Å². The molecule has 7 nitrogen and oxygen atoms in total. The van der Waals surface area contributed by atoms with Gasteiger partial charge < -0.3 is 5.32 Å². The van der Waals surface area contributed by atoms with Gasteiger partial charge in [-0.15, -0.1) is 0 Å². The minimum Gasteiger partial charge on any atom is -0.314 e. The highest BCUT2D eigenvalue weighted by molar-refractivity contribution is 7.90. The van der Waals surface area contributed by atoms with E-state index in [4.69, 9.17) is 0 Å². The minimum absolute atomic E-state index is 0.0366. The second-order valence-corrected chi connectivity index (χ2v) is 10.3. The minimum atomic E-state index is -3.38. The van der Waals surface area contributed by atoms with Crippen molar-refractivity contribution in [1.29, 1.82) is 0 Å². The first-order valence-corrected chi connectivity index (χ1v) is 11.3. The molecule has 0 aromatic heterocycles. The zero-order valence-electron chi connectivity index (χ0n) is 13.1. The Morgan fingerprint density at radius 1 is 1.05 bits per heavy atom. The number of hydrogen-bond acceptors (Lipinski definition) is 5. The predicted molar refractivity (Wildman–Crippen MR) is 86.6 cm³/mol. The van der Waals surface area contributed by atoms with E-state index in [0.717, 1.165) is 25.3 Å². The van der Waals surface area contributed by atoms with E-state index >= 15 is 0 Å². The van der Waals surface area contributed by atoms with E-state index in [-0.39, 0.29) is 18.1 Å². The van der Waals surface area contributed by atoms with Crippen LogP contribution in [0.4, 0.5) is 0 Å². The van der Waals surface area contributed by atoms with Gasteiger partial charge in [0.2, 0.25) is 20.0 Å². The number of nitrogens with one attached hydrogen (secondary N) is 2. The molecule has 2 rings (SSSR count). The average molecular weight is 354 g/mol. The van der Waals surface area contributed by atoms with E-state index in [1.165, 1.54) is 24.1 Å². The standard InChI is InChI=1S/C13H27N3O4S2/c1-2-21(17,18)15-7-10-22(19,20)16-8-5-13(6-9-16)14-11-12-3-4-12/h12-15H,2-11H2,1H3. The molecule has 0 atom stereocenters. The lowest BCUT2D eigenvalue weighted by Gasteiger charge is -2.31. The monoisotopic (exact) mass is 353 g/mol. The summed E-state index contributed by atoms with van der Waals surface area (Å²) >= 11 is 0. The van der Waals surface area contributed by atoms with Crippen LogP contribution in [0.5, 0.6) is 0 Å². The van der Waals surface area contributed by atoms with Crippen LogP contribution in [-0.4, -0.2) is 64.9 Å². The fourth-order valence-corrected chi connectivity index (χ4v) is 4.68. The molecule has 9 heteroatoms. The van der Waals surface area contributed by atoms with E-state index in [2.05, 4.69) is 10.0 Å². The Kier molecular flexibility index (Phi) is 6.23. The summed E-state index contributed by atoms with van der Waals surface area (Å²) in [5.41, 5.74) is 0. The van der Waals surface area contributed by atoms with Gasteiger partial charge in [-0.25, -0.2) is 25.9 Å². The summed E-state index contributed by atoms with van der Waals surface area (Å²) in [4.78, 5) is 0. The quantitative estimate of drug-likeness (QED) is 0.594. The van der Waals surface area contributed by atoms with Crippen LogP contribution in [0, 0.1) is 5.92 Å².